The van der Waals surface area contributed by atoms with Gasteiger partial charge in [0.15, 0.2) is 5.13 Å². The largest absolute Gasteiger partial charge is 0.507 e. The van der Waals surface area contributed by atoms with Crippen molar-refractivity contribution in [2.24, 2.45) is 5.73 Å². The molecule has 0 atom stereocenters. The van der Waals surface area contributed by atoms with Gasteiger partial charge in [0.2, 0.25) is 0 Å². The molecular formula is C15H17N3O2S. The van der Waals surface area contributed by atoms with Gasteiger partial charge in [0.1, 0.15) is 5.75 Å². The second kappa shape index (κ2) is 5.73. The molecule has 3 rings (SSSR count). The van der Waals surface area contributed by atoms with Gasteiger partial charge in [-0.15, -0.1) is 11.3 Å². The fourth-order valence-corrected chi connectivity index (χ4v) is 3.41. The first-order chi connectivity index (χ1) is 10.1. The van der Waals surface area contributed by atoms with E-state index in [1.54, 1.807) is 23.5 Å². The van der Waals surface area contributed by atoms with Crippen molar-refractivity contribution in [1.29, 1.82) is 0 Å². The van der Waals surface area contributed by atoms with Crippen molar-refractivity contribution in [2.75, 3.05) is 18.0 Å². The Balaban J connectivity index is 1.89. The summed E-state index contributed by atoms with van der Waals surface area (Å²) < 4.78 is 0. The van der Waals surface area contributed by atoms with E-state index in [9.17, 15) is 9.90 Å². The number of carbonyl (C=O) groups is 1. The average molecular weight is 303 g/mol. The maximum atomic E-state index is 11.3. The monoisotopic (exact) mass is 303 g/mol. The van der Waals surface area contributed by atoms with Crippen LogP contribution in [0.3, 0.4) is 0 Å². The maximum absolute atomic E-state index is 11.3. The maximum Gasteiger partial charge on any atom is 0.252 e. The van der Waals surface area contributed by atoms with Crippen LogP contribution in [0.25, 0.3) is 11.3 Å². The number of amides is 1. The van der Waals surface area contributed by atoms with E-state index in [4.69, 9.17) is 5.73 Å². The molecule has 1 aromatic carbocycles. The molecule has 5 nitrogen and oxygen atoms in total. The van der Waals surface area contributed by atoms with Gasteiger partial charge in [0.25, 0.3) is 5.91 Å². The van der Waals surface area contributed by atoms with Gasteiger partial charge in [-0.2, -0.15) is 0 Å². The number of aromatic nitrogens is 1. The molecule has 110 valence electrons. The zero-order chi connectivity index (χ0) is 14.8. The normalized spacial score (nSPS) is 15.1. The zero-order valence-electron chi connectivity index (χ0n) is 11.6. The predicted molar refractivity (Wildman–Crippen MR) is 83.8 cm³/mol. The van der Waals surface area contributed by atoms with Gasteiger partial charge in [-0.3, -0.25) is 4.79 Å². The summed E-state index contributed by atoms with van der Waals surface area (Å²) in [5.41, 5.74) is 6.98. The van der Waals surface area contributed by atoms with Crippen molar-refractivity contribution < 1.29 is 9.90 Å². The molecule has 0 unspecified atom stereocenters. The third-order valence-electron chi connectivity index (χ3n) is 3.68. The number of nitrogens with zero attached hydrogens (tertiary/aromatic N) is 2. The standard InChI is InChI=1S/C15H17N3O2S/c16-14(20)11-8-10(4-5-13(11)19)12-9-21-15(17-12)18-6-2-1-3-7-18/h4-5,8-9,19H,1-3,6-7H2,(H2,16,20). The molecule has 3 N–H and O–H groups in total. The minimum absolute atomic E-state index is 0.0993. The van der Waals surface area contributed by atoms with Crippen LogP contribution in [0.2, 0.25) is 0 Å². The second-order valence-electron chi connectivity index (χ2n) is 5.16. The molecule has 1 aromatic heterocycles. The number of hydrogen-bond acceptors (Lipinski definition) is 5. The van der Waals surface area contributed by atoms with E-state index in [0.717, 1.165) is 29.5 Å². The number of phenols is 1. The minimum atomic E-state index is -0.638. The number of aromatic hydroxyl groups is 1. The van der Waals surface area contributed by atoms with Crippen LogP contribution in [0.1, 0.15) is 29.6 Å². The van der Waals surface area contributed by atoms with Crippen LogP contribution >= 0.6 is 11.3 Å². The molecule has 21 heavy (non-hydrogen) atoms. The fourth-order valence-electron chi connectivity index (χ4n) is 2.52. The van der Waals surface area contributed by atoms with Crippen LogP contribution in [-0.2, 0) is 0 Å². The van der Waals surface area contributed by atoms with E-state index in [0.29, 0.717) is 0 Å². The Hall–Kier alpha value is -2.08. The van der Waals surface area contributed by atoms with Crippen molar-refractivity contribution in [3.8, 4) is 17.0 Å². The molecule has 1 aliphatic rings. The topological polar surface area (TPSA) is 79.5 Å². The Kier molecular flexibility index (Phi) is 3.79. The molecular weight excluding hydrogens is 286 g/mol. The van der Waals surface area contributed by atoms with E-state index >= 15 is 0 Å². The molecule has 0 aliphatic carbocycles. The number of anilines is 1. The summed E-state index contributed by atoms with van der Waals surface area (Å²) in [6.45, 7) is 2.10. The van der Waals surface area contributed by atoms with Crippen LogP contribution in [0.15, 0.2) is 23.6 Å². The van der Waals surface area contributed by atoms with Crippen LogP contribution < -0.4 is 10.6 Å². The highest BCUT2D eigenvalue weighted by atomic mass is 32.1. The number of rotatable bonds is 3. The van der Waals surface area contributed by atoms with Crippen LogP contribution in [0.5, 0.6) is 5.75 Å². The highest BCUT2D eigenvalue weighted by Gasteiger charge is 2.16. The highest BCUT2D eigenvalue weighted by molar-refractivity contribution is 7.14. The molecule has 0 bridgehead atoms. The lowest BCUT2D eigenvalue weighted by molar-refractivity contribution is 0.0998. The number of hydrogen-bond donors (Lipinski definition) is 2. The summed E-state index contributed by atoms with van der Waals surface area (Å²) in [4.78, 5) is 18.2. The van der Waals surface area contributed by atoms with Crippen LogP contribution in [0, 0.1) is 0 Å². The van der Waals surface area contributed by atoms with Gasteiger partial charge in [-0.1, -0.05) is 0 Å². The summed E-state index contributed by atoms with van der Waals surface area (Å²) in [6.07, 6.45) is 3.70. The Morgan fingerprint density at radius 2 is 2.05 bits per heavy atom. The van der Waals surface area contributed by atoms with Gasteiger partial charge in [-0.05, 0) is 37.5 Å². The minimum Gasteiger partial charge on any atom is -0.507 e. The van der Waals surface area contributed by atoms with E-state index in [1.807, 2.05) is 5.38 Å². The van der Waals surface area contributed by atoms with Gasteiger partial charge in [-0.25, -0.2) is 4.98 Å². The smallest absolute Gasteiger partial charge is 0.252 e. The summed E-state index contributed by atoms with van der Waals surface area (Å²) >= 11 is 1.61. The number of carbonyl (C=O) groups excluding carboxylic acids is 1. The number of nitrogens with two attached hydrogens (primary N) is 1. The summed E-state index contributed by atoms with van der Waals surface area (Å²) in [5.74, 6) is -0.737. The third-order valence-corrected chi connectivity index (χ3v) is 4.58. The highest BCUT2D eigenvalue weighted by Crippen LogP contribution is 2.31. The first-order valence-electron chi connectivity index (χ1n) is 6.99. The molecule has 2 aromatic rings. The third kappa shape index (κ3) is 2.85. The number of piperidine rings is 1. The lowest BCUT2D eigenvalue weighted by Crippen LogP contribution is -2.29. The van der Waals surface area contributed by atoms with Gasteiger partial charge in [0, 0.05) is 24.0 Å². The summed E-state index contributed by atoms with van der Waals surface area (Å²) in [5, 5.41) is 12.6. The first kappa shape index (κ1) is 13.9. The molecule has 1 saturated heterocycles. The summed E-state index contributed by atoms with van der Waals surface area (Å²) in [7, 11) is 0. The lowest BCUT2D eigenvalue weighted by atomic mass is 10.1. The molecule has 1 amide bonds. The lowest BCUT2D eigenvalue weighted by Gasteiger charge is -2.25. The van der Waals surface area contributed by atoms with Crippen LogP contribution in [-0.4, -0.2) is 29.1 Å². The number of thiazole rings is 1. The van der Waals surface area contributed by atoms with Crippen molar-refractivity contribution in [1.82, 2.24) is 4.98 Å². The van der Waals surface area contributed by atoms with E-state index in [-0.39, 0.29) is 11.3 Å². The SMILES string of the molecule is NC(=O)c1cc(-c2csc(N3CCCCC3)n2)ccc1O. The Labute approximate surface area is 127 Å². The molecule has 1 aliphatic heterocycles. The average Bonchev–Trinajstić information content (AvgIpc) is 2.98. The molecule has 1 fully saturated rings. The first-order valence-corrected chi connectivity index (χ1v) is 7.87. The predicted octanol–water partition coefficient (Wildman–Crippen LogP) is 2.60. The second-order valence-corrected chi connectivity index (χ2v) is 6.00. The fraction of sp³-hybridized carbons (Fsp3) is 0.333. The summed E-state index contributed by atoms with van der Waals surface area (Å²) in [6, 6.07) is 4.82. The van der Waals surface area contributed by atoms with Crippen LogP contribution in [0.4, 0.5) is 5.13 Å². The van der Waals surface area contributed by atoms with Crippen molar-refractivity contribution in [2.45, 2.75) is 19.3 Å². The molecule has 0 saturated carbocycles. The van der Waals surface area contributed by atoms with Crippen molar-refractivity contribution >= 4 is 22.4 Å². The zero-order valence-corrected chi connectivity index (χ0v) is 12.4. The number of benzene rings is 1. The molecule has 2 heterocycles. The molecule has 0 radical (unpaired) electrons. The van der Waals surface area contributed by atoms with Crippen molar-refractivity contribution in [3.05, 3.63) is 29.1 Å². The van der Waals surface area contributed by atoms with Gasteiger partial charge < -0.3 is 15.7 Å². The number of primary amides is 1. The quantitative estimate of drug-likeness (QED) is 0.913. The Morgan fingerprint density at radius 1 is 1.29 bits per heavy atom. The van der Waals surface area contributed by atoms with Gasteiger partial charge >= 0.3 is 0 Å². The van der Waals surface area contributed by atoms with Gasteiger partial charge in [0.05, 0.1) is 11.3 Å². The van der Waals surface area contributed by atoms with E-state index in [2.05, 4.69) is 9.88 Å². The molecule has 0 spiro atoms. The Morgan fingerprint density at radius 3 is 2.76 bits per heavy atom. The van der Waals surface area contributed by atoms with Crippen molar-refractivity contribution in [3.63, 3.8) is 0 Å². The van der Waals surface area contributed by atoms with E-state index in [1.165, 1.54) is 25.3 Å². The molecule has 6 heteroatoms. The van der Waals surface area contributed by atoms with E-state index < -0.39 is 5.91 Å². The Bertz CT molecular complexity index is 663.